The van der Waals surface area contributed by atoms with Gasteiger partial charge in [0.1, 0.15) is 24.4 Å². The molecule has 0 spiro atoms. The number of hydrogen-bond donors (Lipinski definition) is 6. The Labute approximate surface area is 418 Å². The minimum atomic E-state index is -1.57. The van der Waals surface area contributed by atoms with Gasteiger partial charge in [0, 0.05) is 6.42 Å². The highest BCUT2D eigenvalue weighted by Gasteiger charge is 2.44. The summed E-state index contributed by atoms with van der Waals surface area (Å²) in [5.41, 5.74) is 0. The SMILES string of the molecule is CCCCCC/C=C/CC/C=C/CC/C=C/C(O)C(COC1OC(CO)C(O)C(O)C1O)NC(=O)CCCCCCCCCCCCCCCCCCCCC/C=C\CCCCCCCCCC. The minimum absolute atomic E-state index is 0.189. The Bertz CT molecular complexity index is 1210. The Kier molecular flexibility index (Phi) is 46.0. The summed E-state index contributed by atoms with van der Waals surface area (Å²) < 4.78 is 11.2. The molecule has 6 N–H and O–H groups in total. The molecule has 1 fully saturated rings. The predicted octanol–water partition coefficient (Wildman–Crippen LogP) is 14.1. The zero-order chi connectivity index (χ0) is 49.4. The van der Waals surface area contributed by atoms with Crippen LogP contribution >= 0.6 is 0 Å². The molecular weight excluding hydrogens is 851 g/mol. The molecule has 1 amide bonds. The first-order valence-electron chi connectivity index (χ1n) is 28.9. The average Bonchev–Trinajstić information content (AvgIpc) is 3.34. The van der Waals surface area contributed by atoms with E-state index in [1.165, 1.54) is 193 Å². The number of rotatable bonds is 49. The van der Waals surface area contributed by atoms with E-state index < -0.39 is 49.5 Å². The van der Waals surface area contributed by atoms with Gasteiger partial charge in [-0.15, -0.1) is 0 Å². The van der Waals surface area contributed by atoms with Crippen molar-refractivity contribution in [1.29, 1.82) is 0 Å². The van der Waals surface area contributed by atoms with E-state index in [-0.39, 0.29) is 12.5 Å². The first-order valence-corrected chi connectivity index (χ1v) is 28.9. The lowest BCUT2D eigenvalue weighted by atomic mass is 9.99. The van der Waals surface area contributed by atoms with Crippen molar-refractivity contribution in [2.24, 2.45) is 0 Å². The zero-order valence-corrected chi connectivity index (χ0v) is 44.1. The smallest absolute Gasteiger partial charge is 0.220 e. The van der Waals surface area contributed by atoms with E-state index in [1.54, 1.807) is 6.08 Å². The second-order valence-electron chi connectivity index (χ2n) is 20.1. The van der Waals surface area contributed by atoms with Crippen LogP contribution in [0.1, 0.15) is 264 Å². The number of carbonyl (C=O) groups is 1. The Balaban J connectivity index is 2.15. The van der Waals surface area contributed by atoms with Crippen molar-refractivity contribution >= 4 is 5.91 Å². The monoisotopic (exact) mass is 960 g/mol. The number of amides is 1. The number of carbonyl (C=O) groups excluding carboxylic acids is 1. The van der Waals surface area contributed by atoms with Gasteiger partial charge in [0.05, 0.1) is 25.4 Å². The van der Waals surface area contributed by atoms with Crippen molar-refractivity contribution in [2.45, 2.75) is 307 Å². The van der Waals surface area contributed by atoms with Gasteiger partial charge in [0.25, 0.3) is 0 Å². The van der Waals surface area contributed by atoms with Gasteiger partial charge in [-0.05, 0) is 70.6 Å². The number of hydrogen-bond acceptors (Lipinski definition) is 8. The van der Waals surface area contributed by atoms with E-state index in [4.69, 9.17) is 9.47 Å². The van der Waals surface area contributed by atoms with Crippen molar-refractivity contribution in [2.75, 3.05) is 13.2 Å². The maximum absolute atomic E-state index is 13.0. The van der Waals surface area contributed by atoms with E-state index in [1.807, 2.05) is 6.08 Å². The number of aliphatic hydroxyl groups excluding tert-OH is 5. The summed E-state index contributed by atoms with van der Waals surface area (Å²) in [5, 5.41) is 54.3. The van der Waals surface area contributed by atoms with Crippen LogP contribution in [-0.2, 0) is 14.3 Å². The van der Waals surface area contributed by atoms with Gasteiger partial charge in [-0.1, -0.05) is 236 Å². The highest BCUT2D eigenvalue weighted by atomic mass is 16.7. The Hall–Kier alpha value is -1.85. The standard InChI is InChI=1S/C59H109NO8/c1-3-5-7-9-11-13-15-17-19-20-21-22-23-24-25-26-27-28-29-30-31-32-33-34-35-37-39-41-43-45-47-49-55(63)60-52(51-67-59-58(66)57(65)56(64)54(50-61)68-59)53(62)48-46-44-42-40-38-36-18-16-14-12-10-8-6-4-2/h14,16,20-21,38,40,46,48,52-54,56-59,61-62,64-66H,3-13,15,17-19,22-37,39,41-45,47,49-51H2,1-2H3,(H,60,63)/b16-14+,21-20-,40-38+,48-46+. The second kappa shape index (κ2) is 48.8. The molecule has 7 unspecified atom stereocenters. The van der Waals surface area contributed by atoms with Crippen LogP contribution in [0.15, 0.2) is 48.6 Å². The van der Waals surface area contributed by atoms with E-state index in [0.717, 1.165) is 51.4 Å². The lowest BCUT2D eigenvalue weighted by molar-refractivity contribution is -0.302. The van der Waals surface area contributed by atoms with Crippen molar-refractivity contribution in [1.82, 2.24) is 5.32 Å². The molecule has 0 aromatic carbocycles. The van der Waals surface area contributed by atoms with Gasteiger partial charge in [-0.3, -0.25) is 4.79 Å². The van der Waals surface area contributed by atoms with Gasteiger partial charge in [0.15, 0.2) is 6.29 Å². The third-order valence-corrected chi connectivity index (χ3v) is 13.6. The van der Waals surface area contributed by atoms with Crippen molar-refractivity contribution < 1.29 is 39.8 Å². The zero-order valence-electron chi connectivity index (χ0n) is 44.1. The van der Waals surface area contributed by atoms with Gasteiger partial charge in [0.2, 0.25) is 5.91 Å². The molecule has 68 heavy (non-hydrogen) atoms. The van der Waals surface area contributed by atoms with Gasteiger partial charge in [-0.25, -0.2) is 0 Å². The maximum atomic E-state index is 13.0. The fourth-order valence-electron chi connectivity index (χ4n) is 9.01. The molecule has 9 heteroatoms. The summed E-state index contributed by atoms with van der Waals surface area (Å²) in [6.45, 7) is 3.74. The van der Waals surface area contributed by atoms with Crippen LogP contribution in [0, 0.1) is 0 Å². The highest BCUT2D eigenvalue weighted by molar-refractivity contribution is 5.76. The third-order valence-electron chi connectivity index (χ3n) is 13.6. The largest absolute Gasteiger partial charge is 0.394 e. The van der Waals surface area contributed by atoms with Crippen LogP contribution in [0.25, 0.3) is 0 Å². The summed E-state index contributed by atoms with van der Waals surface area (Å²) in [7, 11) is 0. The van der Waals surface area contributed by atoms with E-state index in [2.05, 4.69) is 55.6 Å². The predicted molar refractivity (Wildman–Crippen MR) is 286 cm³/mol. The van der Waals surface area contributed by atoms with Gasteiger partial charge in [-0.2, -0.15) is 0 Å². The van der Waals surface area contributed by atoms with E-state index >= 15 is 0 Å². The van der Waals surface area contributed by atoms with Crippen LogP contribution in [0.4, 0.5) is 0 Å². The number of ether oxygens (including phenoxy) is 2. The number of nitrogens with one attached hydrogen (secondary N) is 1. The normalized spacial score (nSPS) is 19.9. The molecule has 398 valence electrons. The molecule has 0 aromatic rings. The summed E-state index contributed by atoms with van der Waals surface area (Å²) in [5.74, 6) is -0.189. The summed E-state index contributed by atoms with van der Waals surface area (Å²) in [6, 6.07) is -0.827. The molecule has 7 atom stereocenters. The Morgan fingerprint density at radius 3 is 1.25 bits per heavy atom. The topological polar surface area (TPSA) is 149 Å². The van der Waals surface area contributed by atoms with Gasteiger partial charge < -0.3 is 40.3 Å². The summed E-state index contributed by atoms with van der Waals surface area (Å²) in [6.07, 6.45) is 57.7. The van der Waals surface area contributed by atoms with Crippen molar-refractivity contribution in [3.05, 3.63) is 48.6 Å². The van der Waals surface area contributed by atoms with Crippen molar-refractivity contribution in [3.63, 3.8) is 0 Å². The average molecular weight is 961 g/mol. The summed E-state index contributed by atoms with van der Waals surface area (Å²) in [4.78, 5) is 13.0. The minimum Gasteiger partial charge on any atom is -0.394 e. The highest BCUT2D eigenvalue weighted by Crippen LogP contribution is 2.23. The molecule has 1 rings (SSSR count). The van der Waals surface area contributed by atoms with Crippen LogP contribution in [0.2, 0.25) is 0 Å². The first-order chi connectivity index (χ1) is 33.3. The molecule has 0 bridgehead atoms. The van der Waals surface area contributed by atoms with Crippen LogP contribution < -0.4 is 5.32 Å². The molecule has 9 nitrogen and oxygen atoms in total. The van der Waals surface area contributed by atoms with E-state index in [9.17, 15) is 30.3 Å². The molecule has 0 aliphatic carbocycles. The number of allylic oxidation sites excluding steroid dienone is 7. The molecule has 0 saturated carbocycles. The summed E-state index contributed by atoms with van der Waals surface area (Å²) >= 11 is 0. The number of aliphatic hydroxyl groups is 5. The van der Waals surface area contributed by atoms with Crippen LogP contribution in [0.3, 0.4) is 0 Å². The van der Waals surface area contributed by atoms with Crippen LogP contribution in [0.5, 0.6) is 0 Å². The maximum Gasteiger partial charge on any atom is 0.220 e. The molecule has 1 heterocycles. The fraction of sp³-hybridized carbons (Fsp3) is 0.847. The third kappa shape index (κ3) is 37.9. The number of unbranched alkanes of at least 4 members (excludes halogenated alkanes) is 33. The Morgan fingerprint density at radius 1 is 0.485 bits per heavy atom. The fourth-order valence-corrected chi connectivity index (χ4v) is 9.01. The molecule has 0 radical (unpaired) electrons. The van der Waals surface area contributed by atoms with Crippen molar-refractivity contribution in [3.8, 4) is 0 Å². The van der Waals surface area contributed by atoms with E-state index in [0.29, 0.717) is 6.42 Å². The molecular formula is C59H109NO8. The molecule has 1 aliphatic heterocycles. The second-order valence-corrected chi connectivity index (χ2v) is 20.1. The molecule has 1 saturated heterocycles. The Morgan fingerprint density at radius 2 is 0.838 bits per heavy atom. The molecule has 1 aliphatic rings. The molecule has 0 aromatic heterocycles. The van der Waals surface area contributed by atoms with Crippen LogP contribution in [-0.4, -0.2) is 87.5 Å². The lowest BCUT2D eigenvalue weighted by Gasteiger charge is -2.40. The first kappa shape index (κ1) is 64.2. The van der Waals surface area contributed by atoms with Gasteiger partial charge >= 0.3 is 0 Å². The quantitative estimate of drug-likeness (QED) is 0.0261. The lowest BCUT2D eigenvalue weighted by Crippen LogP contribution is -2.60.